The van der Waals surface area contributed by atoms with E-state index in [0.29, 0.717) is 0 Å². The van der Waals surface area contributed by atoms with Crippen molar-refractivity contribution in [1.29, 1.82) is 0 Å². The number of carboxylic acids is 2. The summed E-state index contributed by atoms with van der Waals surface area (Å²) >= 11 is 0. The Kier molecular flexibility index (Phi) is 7.53. The number of benzene rings is 4. The molecule has 0 saturated heterocycles. The maximum Gasteiger partial charge on any atom is 0.335 e. The fourth-order valence-electron chi connectivity index (χ4n) is 3.69. The smallest absolute Gasteiger partial charge is 0.335 e. The monoisotopic (exact) mass is 580 g/mol. The highest BCUT2D eigenvalue weighted by Gasteiger charge is 2.22. The molecule has 0 aromatic heterocycles. The van der Waals surface area contributed by atoms with E-state index in [2.05, 4.69) is 20.5 Å². The molecule has 0 heterocycles. The molecule has 210 valence electrons. The number of phenolic OH excluding ortho intramolecular Hbond substituents is 1. The lowest BCUT2D eigenvalue weighted by Crippen LogP contribution is -2.01. The van der Waals surface area contributed by atoms with Gasteiger partial charge in [0, 0.05) is 17.1 Å². The van der Waals surface area contributed by atoms with Crippen molar-refractivity contribution in [3.63, 3.8) is 0 Å². The number of fused-ring (bicyclic) bond motifs is 1. The third kappa shape index (κ3) is 6.02. The molecule has 4 aromatic rings. The Morgan fingerprint density at radius 1 is 0.829 bits per heavy atom. The van der Waals surface area contributed by atoms with Gasteiger partial charge in [0.05, 0.1) is 29.6 Å². The second-order valence-corrected chi connectivity index (χ2v) is 9.78. The van der Waals surface area contributed by atoms with E-state index in [-0.39, 0.29) is 56.1 Å². The molecule has 41 heavy (non-hydrogen) atoms. The molecular weight excluding hydrogens is 560 g/mol. The number of hydrogen-bond acceptors (Lipinski definition) is 12. The van der Waals surface area contributed by atoms with Crippen LogP contribution >= 0.6 is 0 Å². The lowest BCUT2D eigenvalue weighted by atomic mass is 10.1. The maximum absolute atomic E-state index is 12.0. The van der Waals surface area contributed by atoms with Crippen LogP contribution in [0.15, 0.2) is 79.9 Å². The SMILES string of the molecule is COc1cc(/N=N/c2cc(C(=O)O)cc(C(=O)O)c2)c(N)cc1/N=N/c1c(S(=O)(=O)O)cc2ccc(N)cc2c1O. The number of nitrogens with two attached hydrogens (primary N) is 2. The summed E-state index contributed by atoms with van der Waals surface area (Å²) in [6.45, 7) is 0. The topological polar surface area (TPSA) is 260 Å². The van der Waals surface area contributed by atoms with Crippen molar-refractivity contribution < 1.29 is 42.6 Å². The Morgan fingerprint density at radius 3 is 2.05 bits per heavy atom. The molecule has 0 saturated carbocycles. The molecular formula is C25H20N6O9S. The normalized spacial score (nSPS) is 11.9. The summed E-state index contributed by atoms with van der Waals surface area (Å²) in [7, 11) is -3.57. The Balaban J connectivity index is 1.77. The number of nitrogen functional groups attached to an aromatic ring is 2. The summed E-state index contributed by atoms with van der Waals surface area (Å²) in [5.41, 5.74) is 10.8. The van der Waals surface area contributed by atoms with Gasteiger partial charge in [0.1, 0.15) is 27.7 Å². The van der Waals surface area contributed by atoms with Gasteiger partial charge in [0.25, 0.3) is 10.1 Å². The van der Waals surface area contributed by atoms with Crippen molar-refractivity contribution in [3.8, 4) is 11.5 Å². The van der Waals surface area contributed by atoms with Crippen LogP contribution in [-0.2, 0) is 10.1 Å². The Morgan fingerprint density at radius 2 is 1.46 bits per heavy atom. The van der Waals surface area contributed by atoms with Gasteiger partial charge in [0.15, 0.2) is 5.75 Å². The lowest BCUT2D eigenvalue weighted by Gasteiger charge is -2.10. The number of anilines is 2. The molecule has 0 unspecified atom stereocenters. The first kappa shape index (κ1) is 28.4. The molecule has 8 N–H and O–H groups in total. The summed E-state index contributed by atoms with van der Waals surface area (Å²) in [6.07, 6.45) is 0. The van der Waals surface area contributed by atoms with Crippen LogP contribution in [0.25, 0.3) is 10.8 Å². The number of carbonyl (C=O) groups is 2. The Labute approximate surface area is 230 Å². The van der Waals surface area contributed by atoms with Crippen LogP contribution in [0.1, 0.15) is 20.7 Å². The molecule has 0 bridgehead atoms. The fraction of sp³-hybridized carbons (Fsp3) is 0.0400. The molecule has 0 aliphatic heterocycles. The lowest BCUT2D eigenvalue weighted by molar-refractivity contribution is 0.0696. The van der Waals surface area contributed by atoms with E-state index in [4.69, 9.17) is 16.2 Å². The number of aromatic hydroxyl groups is 1. The first-order valence-electron chi connectivity index (χ1n) is 11.2. The minimum absolute atomic E-state index is 0.0261. The van der Waals surface area contributed by atoms with Gasteiger partial charge in [-0.2, -0.15) is 13.5 Å². The van der Waals surface area contributed by atoms with E-state index in [1.54, 1.807) is 0 Å². The zero-order chi connectivity index (χ0) is 30.1. The van der Waals surface area contributed by atoms with Gasteiger partial charge in [-0.25, -0.2) is 9.59 Å². The van der Waals surface area contributed by atoms with Crippen molar-refractivity contribution in [2.24, 2.45) is 20.5 Å². The van der Waals surface area contributed by atoms with Gasteiger partial charge in [0.2, 0.25) is 0 Å². The number of azo groups is 2. The average Bonchev–Trinajstić information content (AvgIpc) is 2.91. The highest BCUT2D eigenvalue weighted by Crippen LogP contribution is 2.43. The average molecular weight is 581 g/mol. The minimum atomic E-state index is -4.85. The summed E-state index contributed by atoms with van der Waals surface area (Å²) in [6, 6.07) is 11.2. The quantitative estimate of drug-likeness (QED) is 0.0896. The number of methoxy groups -OCH3 is 1. The van der Waals surface area contributed by atoms with Crippen molar-refractivity contribution in [2.45, 2.75) is 4.90 Å². The second-order valence-electron chi connectivity index (χ2n) is 8.39. The van der Waals surface area contributed by atoms with Gasteiger partial charge < -0.3 is 31.5 Å². The third-order valence-corrected chi connectivity index (χ3v) is 6.49. The summed E-state index contributed by atoms with van der Waals surface area (Å²) in [5.74, 6) is -3.30. The zero-order valence-electron chi connectivity index (χ0n) is 20.9. The molecule has 0 radical (unpaired) electrons. The molecule has 0 aliphatic carbocycles. The van der Waals surface area contributed by atoms with Crippen molar-refractivity contribution >= 4 is 67.0 Å². The molecule has 15 nitrogen and oxygen atoms in total. The largest absolute Gasteiger partial charge is 0.505 e. The molecule has 0 aliphatic rings. The van der Waals surface area contributed by atoms with Gasteiger partial charge >= 0.3 is 11.9 Å². The van der Waals surface area contributed by atoms with Crippen LogP contribution in [0.2, 0.25) is 0 Å². The van der Waals surface area contributed by atoms with E-state index < -0.39 is 38.4 Å². The maximum atomic E-state index is 12.0. The Bertz CT molecular complexity index is 1870. The van der Waals surface area contributed by atoms with Crippen LogP contribution in [0.4, 0.5) is 34.1 Å². The first-order valence-corrected chi connectivity index (χ1v) is 12.7. The third-order valence-electron chi connectivity index (χ3n) is 5.63. The van der Waals surface area contributed by atoms with Crippen LogP contribution in [-0.4, -0.2) is 47.3 Å². The fourth-order valence-corrected chi connectivity index (χ4v) is 4.34. The summed E-state index contributed by atoms with van der Waals surface area (Å²) in [5, 5.41) is 45.3. The van der Waals surface area contributed by atoms with Gasteiger partial charge in [-0.3, -0.25) is 4.55 Å². The Hall–Kier alpha value is -5.61. The van der Waals surface area contributed by atoms with Crippen LogP contribution in [0, 0.1) is 0 Å². The van der Waals surface area contributed by atoms with E-state index in [1.807, 2.05) is 0 Å². The number of ether oxygens (including phenoxy) is 1. The predicted molar refractivity (Wildman–Crippen MR) is 146 cm³/mol. The zero-order valence-corrected chi connectivity index (χ0v) is 21.7. The summed E-state index contributed by atoms with van der Waals surface area (Å²) in [4.78, 5) is 21.9. The van der Waals surface area contributed by atoms with E-state index in [1.165, 1.54) is 37.4 Å². The van der Waals surface area contributed by atoms with Gasteiger partial charge in [-0.15, -0.1) is 15.3 Å². The van der Waals surface area contributed by atoms with Crippen LogP contribution < -0.4 is 16.2 Å². The number of nitrogens with zero attached hydrogens (tertiary/aromatic N) is 4. The number of phenols is 1. The molecule has 4 aromatic carbocycles. The number of carboxylic acid groups (broad SMARTS) is 2. The number of hydrogen-bond donors (Lipinski definition) is 6. The molecule has 16 heteroatoms. The predicted octanol–water partition coefficient (Wildman–Crippen LogP) is 5.19. The molecule has 0 fully saturated rings. The summed E-state index contributed by atoms with van der Waals surface area (Å²) < 4.78 is 39.1. The van der Waals surface area contributed by atoms with Crippen LogP contribution in [0.5, 0.6) is 11.5 Å². The molecule has 0 atom stereocenters. The second kappa shape index (κ2) is 10.9. The number of aromatic carboxylic acids is 2. The first-order chi connectivity index (χ1) is 19.3. The highest BCUT2D eigenvalue weighted by molar-refractivity contribution is 7.86. The van der Waals surface area contributed by atoms with E-state index in [0.717, 1.165) is 24.3 Å². The van der Waals surface area contributed by atoms with Crippen molar-refractivity contribution in [1.82, 2.24) is 0 Å². The molecule has 0 amide bonds. The molecule has 4 rings (SSSR count). The highest BCUT2D eigenvalue weighted by atomic mass is 32.2. The van der Waals surface area contributed by atoms with Crippen molar-refractivity contribution in [2.75, 3.05) is 18.6 Å². The van der Waals surface area contributed by atoms with Gasteiger partial charge in [-0.05, 0) is 47.9 Å². The van der Waals surface area contributed by atoms with E-state index in [9.17, 15) is 37.9 Å². The number of rotatable bonds is 8. The standard InChI is InChI=1S/C25H20N6O9S/c1-40-20-10-18(29-28-15-5-12(24(33)34)4-13(6-15)25(35)36)17(27)9-19(20)30-31-22-21(41(37,38)39)7-11-2-3-14(26)8-16(11)23(22)32/h2-10,32H,26-27H2,1H3,(H,33,34)(H,35,36)(H,37,38,39)/b29-28+,31-30+. The minimum Gasteiger partial charge on any atom is -0.505 e. The van der Waals surface area contributed by atoms with Crippen LogP contribution in [0.3, 0.4) is 0 Å². The van der Waals surface area contributed by atoms with Gasteiger partial charge in [-0.1, -0.05) is 6.07 Å². The molecule has 0 spiro atoms. The van der Waals surface area contributed by atoms with Crippen molar-refractivity contribution in [3.05, 3.63) is 65.7 Å². The van der Waals surface area contributed by atoms with E-state index >= 15 is 0 Å².